The predicted octanol–water partition coefficient (Wildman–Crippen LogP) is 4.24. The minimum absolute atomic E-state index is 0.131. The number of aryl methyl sites for hydroxylation is 1. The van der Waals surface area contributed by atoms with Gasteiger partial charge in [-0.05, 0) is 43.7 Å². The first kappa shape index (κ1) is 16.6. The molecule has 0 N–H and O–H groups in total. The Morgan fingerprint density at radius 3 is 2.80 bits per heavy atom. The van der Waals surface area contributed by atoms with Gasteiger partial charge in [0.05, 0.1) is 13.7 Å². The highest BCUT2D eigenvalue weighted by Gasteiger charge is 2.20. The van der Waals surface area contributed by atoms with Gasteiger partial charge in [-0.25, -0.2) is 9.78 Å². The number of ether oxygens (including phenoxy) is 2. The van der Waals surface area contributed by atoms with Crippen molar-refractivity contribution in [1.29, 1.82) is 0 Å². The molecule has 0 aliphatic rings. The van der Waals surface area contributed by atoms with E-state index in [9.17, 15) is 4.79 Å². The monoisotopic (exact) mass is 338 g/mol. The van der Waals surface area contributed by atoms with E-state index in [1.54, 1.807) is 36.8 Å². The highest BCUT2D eigenvalue weighted by molar-refractivity contribution is 5.93. The summed E-state index contributed by atoms with van der Waals surface area (Å²) < 4.78 is 12.1. The zero-order valence-corrected chi connectivity index (χ0v) is 14.3. The van der Waals surface area contributed by atoms with Crippen molar-refractivity contribution in [2.45, 2.75) is 13.8 Å². The number of aromatic nitrogens is 2. The molecule has 1 aromatic carbocycles. The van der Waals surface area contributed by atoms with Crippen LogP contribution in [-0.2, 0) is 4.74 Å². The normalized spacial score (nSPS) is 11.2. The molecule has 0 saturated heterocycles. The lowest BCUT2D eigenvalue weighted by molar-refractivity contribution is 0.0521. The molecule has 3 aromatic rings. The Hall–Kier alpha value is -3.22. The minimum Gasteiger partial charge on any atom is -0.494 e. The highest BCUT2D eigenvalue weighted by atomic mass is 16.5. The highest BCUT2D eigenvalue weighted by Crippen LogP contribution is 2.30. The molecule has 25 heavy (non-hydrogen) atoms. The van der Waals surface area contributed by atoms with E-state index in [4.69, 9.17) is 9.47 Å². The van der Waals surface area contributed by atoms with E-state index in [2.05, 4.69) is 15.2 Å². The van der Waals surface area contributed by atoms with Crippen molar-refractivity contribution in [3.8, 4) is 5.75 Å². The van der Waals surface area contributed by atoms with E-state index in [0.717, 1.165) is 5.56 Å². The zero-order valence-electron chi connectivity index (χ0n) is 14.3. The van der Waals surface area contributed by atoms with Crippen molar-refractivity contribution < 1.29 is 14.3 Å². The fourth-order valence-electron chi connectivity index (χ4n) is 2.38. The number of fused-ring (bicyclic) bond motifs is 1. The molecule has 2 heterocycles. The van der Waals surface area contributed by atoms with Crippen LogP contribution >= 0.6 is 0 Å². The summed E-state index contributed by atoms with van der Waals surface area (Å²) in [7, 11) is 1.56. The van der Waals surface area contributed by atoms with Gasteiger partial charge in [-0.2, -0.15) is 0 Å². The van der Waals surface area contributed by atoms with E-state index in [0.29, 0.717) is 22.9 Å². The van der Waals surface area contributed by atoms with E-state index >= 15 is 0 Å². The van der Waals surface area contributed by atoms with E-state index in [-0.39, 0.29) is 12.3 Å². The molecular formula is C18H18N4O3. The zero-order chi connectivity index (χ0) is 17.8. The summed E-state index contributed by atoms with van der Waals surface area (Å²) in [5, 5.41) is 8.48. The smallest absolute Gasteiger partial charge is 0.360 e. The van der Waals surface area contributed by atoms with Crippen molar-refractivity contribution in [2.24, 2.45) is 10.2 Å². The summed E-state index contributed by atoms with van der Waals surface area (Å²) >= 11 is 0. The number of benzene rings is 1. The first-order chi connectivity index (χ1) is 12.1. The van der Waals surface area contributed by atoms with Gasteiger partial charge in [0.15, 0.2) is 11.5 Å². The number of imidazole rings is 1. The van der Waals surface area contributed by atoms with Crippen LogP contribution in [0.2, 0.25) is 0 Å². The summed E-state index contributed by atoms with van der Waals surface area (Å²) in [5.41, 5.74) is 2.33. The molecular weight excluding hydrogens is 320 g/mol. The topological polar surface area (TPSA) is 77.5 Å². The third-order valence-corrected chi connectivity index (χ3v) is 3.56. The molecule has 7 nitrogen and oxygen atoms in total. The molecule has 0 atom stereocenters. The number of carbonyl (C=O) groups is 1. The van der Waals surface area contributed by atoms with Crippen molar-refractivity contribution in [2.75, 3.05) is 13.7 Å². The van der Waals surface area contributed by atoms with Gasteiger partial charge in [-0.15, -0.1) is 10.2 Å². The molecule has 3 rings (SSSR count). The Labute approximate surface area is 144 Å². The summed E-state index contributed by atoms with van der Waals surface area (Å²) in [6.45, 7) is 3.96. The van der Waals surface area contributed by atoms with Crippen LogP contribution in [0.3, 0.4) is 0 Å². The largest absolute Gasteiger partial charge is 0.494 e. The first-order valence-corrected chi connectivity index (χ1v) is 7.84. The van der Waals surface area contributed by atoms with Crippen molar-refractivity contribution in [3.05, 3.63) is 53.9 Å². The van der Waals surface area contributed by atoms with Gasteiger partial charge in [0.2, 0.25) is 0 Å². The number of pyridine rings is 1. The average molecular weight is 338 g/mol. The third kappa shape index (κ3) is 3.35. The lowest BCUT2D eigenvalue weighted by Crippen LogP contribution is -2.05. The van der Waals surface area contributed by atoms with Gasteiger partial charge in [-0.3, -0.25) is 4.40 Å². The maximum Gasteiger partial charge on any atom is 0.360 e. The van der Waals surface area contributed by atoms with Crippen LogP contribution in [0.1, 0.15) is 23.0 Å². The molecule has 0 amide bonds. The Morgan fingerprint density at radius 2 is 2.04 bits per heavy atom. The second-order valence-electron chi connectivity index (χ2n) is 5.31. The molecule has 0 aliphatic heterocycles. The Balaban J connectivity index is 2.11. The molecule has 0 fully saturated rings. The number of methoxy groups -OCH3 is 1. The summed E-state index contributed by atoms with van der Waals surface area (Å²) in [6, 6.07) is 11.0. The second-order valence-corrected chi connectivity index (χ2v) is 5.31. The fourth-order valence-corrected chi connectivity index (χ4v) is 2.38. The molecule has 7 heteroatoms. The van der Waals surface area contributed by atoms with Gasteiger partial charge >= 0.3 is 5.97 Å². The second kappa shape index (κ2) is 7.12. The van der Waals surface area contributed by atoms with Crippen molar-refractivity contribution >= 4 is 23.1 Å². The maximum atomic E-state index is 12.2. The van der Waals surface area contributed by atoms with Gasteiger partial charge in [0.1, 0.15) is 17.1 Å². The number of esters is 1. The number of para-hydroxylation sites is 1. The first-order valence-electron chi connectivity index (χ1n) is 7.84. The van der Waals surface area contributed by atoms with E-state index < -0.39 is 5.97 Å². The number of carbonyl (C=O) groups excluding carboxylic acids is 1. The molecule has 0 saturated carbocycles. The molecule has 128 valence electrons. The van der Waals surface area contributed by atoms with Crippen LogP contribution in [0, 0.1) is 6.92 Å². The van der Waals surface area contributed by atoms with Gasteiger partial charge in [0, 0.05) is 6.20 Å². The van der Waals surface area contributed by atoms with Crippen LogP contribution in [0.5, 0.6) is 5.75 Å². The predicted molar refractivity (Wildman–Crippen MR) is 93.1 cm³/mol. The standard InChI is InChI=1S/C18H18N4O3/c1-4-25-18(23)16-17(22-10-9-12(2)11-15(22)19-16)21-20-13-7-5-6-8-14(13)24-3/h5-11H,4H2,1-3H3. The minimum atomic E-state index is -0.530. The molecule has 0 unspecified atom stereocenters. The van der Waals surface area contributed by atoms with E-state index in [1.165, 1.54) is 0 Å². The maximum absolute atomic E-state index is 12.2. The molecule has 0 radical (unpaired) electrons. The van der Waals surface area contributed by atoms with Crippen molar-refractivity contribution in [3.63, 3.8) is 0 Å². The van der Waals surface area contributed by atoms with Crippen LogP contribution in [0.25, 0.3) is 5.65 Å². The van der Waals surface area contributed by atoms with Crippen molar-refractivity contribution in [1.82, 2.24) is 9.38 Å². The van der Waals surface area contributed by atoms with Gasteiger partial charge in [-0.1, -0.05) is 12.1 Å². The Morgan fingerprint density at radius 1 is 1.24 bits per heavy atom. The fraction of sp³-hybridized carbons (Fsp3) is 0.222. The van der Waals surface area contributed by atoms with Crippen LogP contribution in [0.15, 0.2) is 52.8 Å². The van der Waals surface area contributed by atoms with Crippen LogP contribution < -0.4 is 4.74 Å². The quantitative estimate of drug-likeness (QED) is 0.515. The number of azo groups is 1. The van der Waals surface area contributed by atoms with Crippen LogP contribution in [0.4, 0.5) is 11.5 Å². The van der Waals surface area contributed by atoms with E-state index in [1.807, 2.05) is 31.2 Å². The molecule has 0 bridgehead atoms. The lowest BCUT2D eigenvalue weighted by Gasteiger charge is -2.03. The Bertz CT molecular complexity index is 947. The summed E-state index contributed by atoms with van der Waals surface area (Å²) in [6.07, 6.45) is 1.80. The number of nitrogens with zero attached hydrogens (tertiary/aromatic N) is 4. The average Bonchev–Trinajstić information content (AvgIpc) is 2.98. The number of hydrogen-bond donors (Lipinski definition) is 0. The van der Waals surface area contributed by atoms with Gasteiger partial charge < -0.3 is 9.47 Å². The SMILES string of the molecule is CCOC(=O)c1nc2cc(C)ccn2c1N=Nc1ccccc1OC. The van der Waals surface area contributed by atoms with Gasteiger partial charge in [0.25, 0.3) is 0 Å². The summed E-state index contributed by atoms with van der Waals surface area (Å²) in [4.78, 5) is 16.6. The third-order valence-electron chi connectivity index (χ3n) is 3.56. The molecule has 2 aromatic heterocycles. The molecule has 0 aliphatic carbocycles. The Kier molecular flexibility index (Phi) is 4.74. The number of hydrogen-bond acceptors (Lipinski definition) is 6. The van der Waals surface area contributed by atoms with Crippen LogP contribution in [-0.4, -0.2) is 29.1 Å². The summed E-state index contributed by atoms with van der Waals surface area (Å²) in [5.74, 6) is 0.380. The number of rotatable bonds is 5. The molecule has 0 spiro atoms. The lowest BCUT2D eigenvalue weighted by atomic mass is 10.3.